The van der Waals surface area contributed by atoms with Crippen molar-refractivity contribution >= 4 is 37.5 Å². The van der Waals surface area contributed by atoms with E-state index in [1.807, 2.05) is 13.8 Å². The van der Waals surface area contributed by atoms with Gasteiger partial charge in [-0.05, 0) is 25.2 Å². The van der Waals surface area contributed by atoms with Crippen LogP contribution in [-0.4, -0.2) is 30.8 Å². The van der Waals surface area contributed by atoms with Gasteiger partial charge >= 0.3 is 0 Å². The highest BCUT2D eigenvalue weighted by molar-refractivity contribution is 7.92. The molecule has 22 heavy (non-hydrogen) atoms. The van der Waals surface area contributed by atoms with Crippen molar-refractivity contribution in [3.8, 4) is 0 Å². The van der Waals surface area contributed by atoms with Crippen LogP contribution in [-0.2, 0) is 14.8 Å². The summed E-state index contributed by atoms with van der Waals surface area (Å²) in [7, 11) is -3.40. The minimum atomic E-state index is -3.40. The number of anilines is 2. The zero-order valence-corrected chi connectivity index (χ0v) is 14.8. The Balaban J connectivity index is 2.03. The molecule has 122 valence electrons. The van der Waals surface area contributed by atoms with Crippen LogP contribution in [0, 0.1) is 17.3 Å². The number of sulfonamides is 1. The van der Waals surface area contributed by atoms with Gasteiger partial charge in [0.15, 0.2) is 0 Å². The van der Waals surface area contributed by atoms with Gasteiger partial charge in [0.2, 0.25) is 26.2 Å². The third-order valence-corrected chi connectivity index (χ3v) is 5.08. The molecular formula is C13H20N4O3S2. The second kappa shape index (κ2) is 5.62. The maximum Gasteiger partial charge on any atom is 0.231 e. The molecule has 0 saturated heterocycles. The third kappa shape index (κ3) is 3.83. The number of amides is 1. The molecule has 0 bridgehead atoms. The molecule has 1 heterocycles. The van der Waals surface area contributed by atoms with Crippen molar-refractivity contribution < 1.29 is 13.2 Å². The van der Waals surface area contributed by atoms with Crippen molar-refractivity contribution in [2.75, 3.05) is 16.3 Å². The Morgan fingerprint density at radius 3 is 2.41 bits per heavy atom. The van der Waals surface area contributed by atoms with Gasteiger partial charge in [0.25, 0.3) is 0 Å². The molecular weight excluding hydrogens is 324 g/mol. The molecule has 2 rings (SSSR count). The van der Waals surface area contributed by atoms with Gasteiger partial charge in [-0.3, -0.25) is 9.52 Å². The van der Waals surface area contributed by atoms with Gasteiger partial charge in [-0.25, -0.2) is 8.42 Å². The second-order valence-corrected chi connectivity index (χ2v) is 9.07. The summed E-state index contributed by atoms with van der Waals surface area (Å²) in [5.41, 5.74) is 1.10. The first-order valence-electron chi connectivity index (χ1n) is 6.78. The predicted octanol–water partition coefficient (Wildman–Crippen LogP) is 2.09. The zero-order chi connectivity index (χ0) is 16.7. The van der Waals surface area contributed by atoms with Crippen molar-refractivity contribution in [1.29, 1.82) is 0 Å². The molecule has 1 aromatic rings. The Labute approximate surface area is 134 Å². The van der Waals surface area contributed by atoms with Crippen molar-refractivity contribution in [2.45, 2.75) is 27.7 Å². The fourth-order valence-corrected chi connectivity index (χ4v) is 3.98. The first kappa shape index (κ1) is 16.9. The number of aromatic nitrogens is 2. The SMILES string of the molecule is CC(C)=CC1C(C(=O)Nc2nnc(NS(C)(=O)=O)s2)C1(C)C. The summed E-state index contributed by atoms with van der Waals surface area (Å²) in [6.45, 7) is 8.13. The number of carbonyl (C=O) groups excluding carboxylic acids is 1. The fraction of sp³-hybridized carbons (Fsp3) is 0.615. The second-order valence-electron chi connectivity index (χ2n) is 6.34. The molecule has 1 fully saturated rings. The highest BCUT2D eigenvalue weighted by Gasteiger charge is 2.60. The smallest absolute Gasteiger partial charge is 0.231 e. The Bertz CT molecular complexity index is 717. The zero-order valence-electron chi connectivity index (χ0n) is 13.2. The van der Waals surface area contributed by atoms with E-state index < -0.39 is 10.0 Å². The summed E-state index contributed by atoms with van der Waals surface area (Å²) in [5, 5.41) is 10.6. The van der Waals surface area contributed by atoms with Crippen molar-refractivity contribution in [2.24, 2.45) is 17.3 Å². The van der Waals surface area contributed by atoms with Crippen LogP contribution in [0.25, 0.3) is 0 Å². The van der Waals surface area contributed by atoms with Crippen LogP contribution < -0.4 is 10.0 Å². The van der Waals surface area contributed by atoms with Crippen LogP contribution in [0.15, 0.2) is 11.6 Å². The van der Waals surface area contributed by atoms with E-state index in [0.717, 1.165) is 17.6 Å². The summed E-state index contributed by atoms with van der Waals surface area (Å²) in [5.74, 6) is -0.0220. The lowest BCUT2D eigenvalue weighted by Crippen LogP contribution is -2.16. The largest absolute Gasteiger partial charge is 0.300 e. The highest BCUT2D eigenvalue weighted by atomic mass is 32.2. The van der Waals surface area contributed by atoms with Gasteiger partial charge in [-0.2, -0.15) is 0 Å². The fourth-order valence-electron chi connectivity index (χ4n) is 2.51. The lowest BCUT2D eigenvalue weighted by Gasteiger charge is -2.01. The van der Waals surface area contributed by atoms with E-state index in [1.54, 1.807) is 0 Å². The number of hydrogen-bond acceptors (Lipinski definition) is 6. The average Bonchev–Trinajstić information content (AvgIpc) is 2.65. The minimum absolute atomic E-state index is 0.0835. The van der Waals surface area contributed by atoms with E-state index in [1.165, 1.54) is 5.57 Å². The summed E-state index contributed by atoms with van der Waals surface area (Å²) < 4.78 is 24.5. The number of nitrogens with zero attached hydrogens (tertiary/aromatic N) is 2. The van der Waals surface area contributed by atoms with Crippen LogP contribution in [0.2, 0.25) is 0 Å². The van der Waals surface area contributed by atoms with E-state index in [-0.39, 0.29) is 33.4 Å². The Hall–Kier alpha value is -1.48. The summed E-state index contributed by atoms with van der Waals surface area (Å²) in [6, 6.07) is 0. The van der Waals surface area contributed by atoms with Crippen molar-refractivity contribution in [1.82, 2.24) is 10.2 Å². The predicted molar refractivity (Wildman–Crippen MR) is 87.2 cm³/mol. The Morgan fingerprint density at radius 2 is 1.86 bits per heavy atom. The molecule has 1 aliphatic rings. The molecule has 1 aliphatic carbocycles. The van der Waals surface area contributed by atoms with Crippen LogP contribution in [0.1, 0.15) is 27.7 Å². The maximum atomic E-state index is 12.3. The van der Waals surface area contributed by atoms with Gasteiger partial charge < -0.3 is 5.32 Å². The third-order valence-electron chi connectivity index (χ3n) is 3.63. The van der Waals surface area contributed by atoms with Crippen LogP contribution in [0.3, 0.4) is 0 Å². The van der Waals surface area contributed by atoms with Crippen LogP contribution in [0.4, 0.5) is 10.3 Å². The first-order valence-corrected chi connectivity index (χ1v) is 9.48. The molecule has 0 spiro atoms. The molecule has 2 unspecified atom stereocenters. The van der Waals surface area contributed by atoms with E-state index in [4.69, 9.17) is 0 Å². The highest BCUT2D eigenvalue weighted by Crippen LogP contribution is 2.59. The molecule has 2 atom stereocenters. The minimum Gasteiger partial charge on any atom is -0.300 e. The van der Waals surface area contributed by atoms with Gasteiger partial charge in [-0.15, -0.1) is 10.2 Å². The molecule has 7 nitrogen and oxygen atoms in total. The lowest BCUT2D eigenvalue weighted by molar-refractivity contribution is -0.118. The molecule has 0 radical (unpaired) electrons. The summed E-state index contributed by atoms with van der Waals surface area (Å²) >= 11 is 0.989. The van der Waals surface area contributed by atoms with Crippen LogP contribution >= 0.6 is 11.3 Å². The number of allylic oxidation sites excluding steroid dienone is 2. The average molecular weight is 344 g/mol. The van der Waals surface area contributed by atoms with Crippen molar-refractivity contribution in [3.63, 3.8) is 0 Å². The van der Waals surface area contributed by atoms with Gasteiger partial charge in [0.05, 0.1) is 12.2 Å². The molecule has 2 N–H and O–H groups in total. The summed E-state index contributed by atoms with van der Waals surface area (Å²) in [4.78, 5) is 12.3. The number of nitrogens with one attached hydrogen (secondary N) is 2. The van der Waals surface area contributed by atoms with E-state index in [0.29, 0.717) is 0 Å². The Morgan fingerprint density at radius 1 is 1.27 bits per heavy atom. The van der Waals surface area contributed by atoms with E-state index in [9.17, 15) is 13.2 Å². The van der Waals surface area contributed by atoms with Gasteiger partial charge in [-0.1, -0.05) is 36.8 Å². The number of hydrogen-bond donors (Lipinski definition) is 2. The monoisotopic (exact) mass is 344 g/mol. The molecule has 1 saturated carbocycles. The Kier molecular flexibility index (Phi) is 4.31. The topological polar surface area (TPSA) is 101 Å². The molecule has 9 heteroatoms. The van der Waals surface area contributed by atoms with Gasteiger partial charge in [0, 0.05) is 0 Å². The molecule has 1 amide bonds. The van der Waals surface area contributed by atoms with E-state index in [2.05, 4.69) is 40.2 Å². The lowest BCUT2D eigenvalue weighted by atomic mass is 10.1. The van der Waals surface area contributed by atoms with E-state index >= 15 is 0 Å². The number of rotatable bonds is 5. The molecule has 1 aromatic heterocycles. The first-order chi connectivity index (χ1) is 10.0. The normalized spacial score (nSPS) is 22.8. The summed E-state index contributed by atoms with van der Waals surface area (Å²) in [6.07, 6.45) is 3.14. The standard InChI is InChI=1S/C13H20N4O3S2/c1-7(2)6-8-9(13(8,3)4)10(18)14-11-15-16-12(21-11)17-22(5,19)20/h6,8-9H,1-5H3,(H,16,17)(H,14,15,18). The van der Waals surface area contributed by atoms with Gasteiger partial charge in [0.1, 0.15) is 0 Å². The maximum absolute atomic E-state index is 12.3. The molecule has 0 aliphatic heterocycles. The quantitative estimate of drug-likeness (QED) is 0.797. The van der Waals surface area contributed by atoms with Crippen LogP contribution in [0.5, 0.6) is 0 Å². The molecule has 0 aromatic carbocycles. The number of carbonyl (C=O) groups is 1. The van der Waals surface area contributed by atoms with Crippen molar-refractivity contribution in [3.05, 3.63) is 11.6 Å².